The molecule has 0 fully saturated rings. The van der Waals surface area contributed by atoms with E-state index in [1.807, 2.05) is 43.5 Å². The minimum atomic E-state index is -0.273. The van der Waals surface area contributed by atoms with Gasteiger partial charge in [-0.25, -0.2) is 9.78 Å². The molecule has 2 N–H and O–H groups in total. The molecule has 0 radical (unpaired) electrons. The summed E-state index contributed by atoms with van der Waals surface area (Å²) >= 11 is 1.51. The molecule has 3 aromatic rings. The fraction of sp³-hybridized carbons (Fsp3) is 0.294. The molecule has 1 aromatic carbocycles. The number of benzene rings is 1. The van der Waals surface area contributed by atoms with E-state index in [-0.39, 0.29) is 18.1 Å². The Hall–Kier alpha value is -2.54. The van der Waals surface area contributed by atoms with Crippen molar-refractivity contribution in [2.24, 2.45) is 0 Å². The van der Waals surface area contributed by atoms with Gasteiger partial charge in [0, 0.05) is 17.0 Å². The number of nitrogens with zero attached hydrogens (tertiary/aromatic N) is 1. The molecule has 2 atom stereocenters. The van der Waals surface area contributed by atoms with Gasteiger partial charge >= 0.3 is 6.03 Å². The van der Waals surface area contributed by atoms with Gasteiger partial charge in [0.1, 0.15) is 10.8 Å². The number of fused-ring (bicyclic) bond motifs is 1. The monoisotopic (exact) mass is 345 g/mol. The maximum absolute atomic E-state index is 12.2. The molecular formula is C17H19N3O3S. The molecule has 0 aliphatic heterocycles. The van der Waals surface area contributed by atoms with Crippen molar-refractivity contribution in [1.29, 1.82) is 0 Å². The number of rotatable bonds is 5. The summed E-state index contributed by atoms with van der Waals surface area (Å²) in [7, 11) is 1.60. The molecular weight excluding hydrogens is 326 g/mol. The minimum absolute atomic E-state index is 0.145. The minimum Gasteiger partial charge on any atom is -0.493 e. The van der Waals surface area contributed by atoms with Crippen molar-refractivity contribution in [3.8, 4) is 5.75 Å². The van der Waals surface area contributed by atoms with E-state index in [4.69, 9.17) is 9.15 Å². The third-order valence-electron chi connectivity index (χ3n) is 3.69. The van der Waals surface area contributed by atoms with Crippen LogP contribution < -0.4 is 15.4 Å². The van der Waals surface area contributed by atoms with Crippen LogP contribution in [0.3, 0.4) is 0 Å². The summed E-state index contributed by atoms with van der Waals surface area (Å²) in [5.41, 5.74) is 0.681. The molecule has 3 rings (SSSR count). The molecule has 24 heavy (non-hydrogen) atoms. The van der Waals surface area contributed by atoms with E-state index in [9.17, 15) is 4.79 Å². The Morgan fingerprint density at radius 3 is 2.79 bits per heavy atom. The van der Waals surface area contributed by atoms with E-state index >= 15 is 0 Å². The normalized spacial score (nSPS) is 13.5. The Labute approximate surface area is 143 Å². The third kappa shape index (κ3) is 3.35. The van der Waals surface area contributed by atoms with Crippen molar-refractivity contribution in [3.63, 3.8) is 0 Å². The number of ether oxygens (including phenoxy) is 1. The van der Waals surface area contributed by atoms with Gasteiger partial charge < -0.3 is 19.8 Å². The number of urea groups is 1. The Bertz CT molecular complexity index is 829. The van der Waals surface area contributed by atoms with Crippen LogP contribution in [-0.2, 0) is 0 Å². The fourth-order valence-electron chi connectivity index (χ4n) is 2.45. The number of nitrogens with one attached hydrogen (secondary N) is 2. The highest BCUT2D eigenvalue weighted by Gasteiger charge is 2.18. The topological polar surface area (TPSA) is 76.4 Å². The van der Waals surface area contributed by atoms with E-state index in [1.165, 1.54) is 11.3 Å². The van der Waals surface area contributed by atoms with Crippen LogP contribution in [0.5, 0.6) is 5.75 Å². The summed E-state index contributed by atoms with van der Waals surface area (Å²) < 4.78 is 11.1. The molecule has 0 aliphatic carbocycles. The summed E-state index contributed by atoms with van der Waals surface area (Å²) in [6.07, 6.45) is 1.72. The van der Waals surface area contributed by atoms with Crippen molar-refractivity contribution < 1.29 is 13.9 Å². The van der Waals surface area contributed by atoms with Gasteiger partial charge in [-0.15, -0.1) is 11.3 Å². The van der Waals surface area contributed by atoms with Crippen LogP contribution in [-0.4, -0.2) is 18.1 Å². The highest BCUT2D eigenvalue weighted by Crippen LogP contribution is 2.30. The number of furan rings is 1. The standard InChI is InChI=1S/C17H19N3O3S/c1-10(19-17(21)20-11(2)16-18-7-8-24-16)14-9-12-5-4-6-13(22-3)15(12)23-14/h4-11H,1-3H3,(H2,19,20,21)/t10-,11+/m1/s1. The summed E-state index contributed by atoms with van der Waals surface area (Å²) in [4.78, 5) is 16.4. The lowest BCUT2D eigenvalue weighted by Crippen LogP contribution is -2.38. The Morgan fingerprint density at radius 1 is 1.29 bits per heavy atom. The van der Waals surface area contributed by atoms with Crippen molar-refractivity contribution in [2.45, 2.75) is 25.9 Å². The predicted octanol–water partition coefficient (Wildman–Crippen LogP) is 4.02. The van der Waals surface area contributed by atoms with Crippen molar-refractivity contribution in [3.05, 3.63) is 46.6 Å². The maximum Gasteiger partial charge on any atom is 0.315 e. The highest BCUT2D eigenvalue weighted by atomic mass is 32.1. The number of para-hydroxylation sites is 1. The Kier molecular flexibility index (Phi) is 4.71. The van der Waals surface area contributed by atoms with Crippen LogP contribution in [0.25, 0.3) is 11.0 Å². The second-order valence-electron chi connectivity index (χ2n) is 5.46. The van der Waals surface area contributed by atoms with Gasteiger partial charge in [-0.2, -0.15) is 0 Å². The van der Waals surface area contributed by atoms with Gasteiger partial charge in [0.2, 0.25) is 0 Å². The van der Waals surface area contributed by atoms with Crippen molar-refractivity contribution in [1.82, 2.24) is 15.6 Å². The Balaban J connectivity index is 1.68. The SMILES string of the molecule is COc1cccc2cc([C@@H](C)NC(=O)N[C@@H](C)c3nccs3)oc12. The lowest BCUT2D eigenvalue weighted by molar-refractivity contribution is 0.233. The van der Waals surface area contributed by atoms with Crippen molar-refractivity contribution in [2.75, 3.05) is 7.11 Å². The van der Waals surface area contributed by atoms with Gasteiger partial charge in [-0.3, -0.25) is 0 Å². The number of amides is 2. The first-order valence-electron chi connectivity index (χ1n) is 7.61. The zero-order chi connectivity index (χ0) is 17.1. The molecule has 126 valence electrons. The average molecular weight is 345 g/mol. The van der Waals surface area contributed by atoms with Crippen LogP contribution in [0.1, 0.15) is 36.7 Å². The maximum atomic E-state index is 12.2. The van der Waals surface area contributed by atoms with Gasteiger partial charge in [-0.1, -0.05) is 12.1 Å². The molecule has 0 saturated heterocycles. The van der Waals surface area contributed by atoms with Crippen molar-refractivity contribution >= 4 is 28.3 Å². The number of hydrogen-bond acceptors (Lipinski definition) is 5. The second-order valence-corrected chi connectivity index (χ2v) is 6.39. The van der Waals surface area contributed by atoms with Crippen LogP contribution in [0.2, 0.25) is 0 Å². The predicted molar refractivity (Wildman–Crippen MR) is 93.4 cm³/mol. The summed E-state index contributed by atoms with van der Waals surface area (Å²) in [6, 6.07) is 6.92. The van der Waals surface area contributed by atoms with Crippen LogP contribution in [0, 0.1) is 0 Å². The van der Waals surface area contributed by atoms with Crippen LogP contribution in [0.4, 0.5) is 4.79 Å². The molecule has 6 nitrogen and oxygen atoms in total. The van der Waals surface area contributed by atoms with Gasteiger partial charge in [-0.05, 0) is 26.0 Å². The molecule has 2 amide bonds. The van der Waals surface area contributed by atoms with E-state index in [1.54, 1.807) is 13.3 Å². The van der Waals surface area contributed by atoms with E-state index in [2.05, 4.69) is 15.6 Å². The van der Waals surface area contributed by atoms with Gasteiger partial charge in [0.15, 0.2) is 11.3 Å². The smallest absolute Gasteiger partial charge is 0.315 e. The van der Waals surface area contributed by atoms with Gasteiger partial charge in [0.05, 0.1) is 19.2 Å². The lowest BCUT2D eigenvalue weighted by Gasteiger charge is -2.15. The third-order valence-corrected chi connectivity index (χ3v) is 4.65. The lowest BCUT2D eigenvalue weighted by atomic mass is 10.2. The zero-order valence-corrected chi connectivity index (χ0v) is 14.5. The van der Waals surface area contributed by atoms with E-state index < -0.39 is 0 Å². The van der Waals surface area contributed by atoms with Crippen LogP contribution in [0.15, 0.2) is 40.3 Å². The summed E-state index contributed by atoms with van der Waals surface area (Å²) in [5, 5.41) is 9.44. The van der Waals surface area contributed by atoms with Crippen LogP contribution >= 0.6 is 11.3 Å². The number of hydrogen-bond donors (Lipinski definition) is 2. The number of thiazole rings is 1. The van der Waals surface area contributed by atoms with E-state index in [0.29, 0.717) is 17.1 Å². The number of methoxy groups -OCH3 is 1. The Morgan fingerprint density at radius 2 is 2.08 bits per heavy atom. The molecule has 0 aliphatic rings. The number of carbonyl (C=O) groups excluding carboxylic acids is 1. The quantitative estimate of drug-likeness (QED) is 0.732. The molecule has 2 heterocycles. The zero-order valence-electron chi connectivity index (χ0n) is 13.7. The first-order chi connectivity index (χ1) is 11.6. The summed E-state index contributed by atoms with van der Waals surface area (Å²) in [6.45, 7) is 3.77. The molecule has 0 unspecified atom stereocenters. The largest absolute Gasteiger partial charge is 0.493 e. The molecule has 2 aromatic heterocycles. The molecule has 0 spiro atoms. The second kappa shape index (κ2) is 6.92. The number of aromatic nitrogens is 1. The highest BCUT2D eigenvalue weighted by molar-refractivity contribution is 7.09. The van der Waals surface area contributed by atoms with Gasteiger partial charge in [0.25, 0.3) is 0 Å². The van der Waals surface area contributed by atoms with E-state index in [0.717, 1.165) is 10.4 Å². The number of carbonyl (C=O) groups is 1. The first-order valence-corrected chi connectivity index (χ1v) is 8.49. The fourth-order valence-corrected chi connectivity index (χ4v) is 3.09. The molecule has 0 bridgehead atoms. The summed E-state index contributed by atoms with van der Waals surface area (Å²) in [5.74, 6) is 1.35. The first kappa shape index (κ1) is 16.3. The molecule has 7 heteroatoms. The average Bonchev–Trinajstić information content (AvgIpc) is 3.23. The molecule has 0 saturated carbocycles.